The van der Waals surface area contributed by atoms with Gasteiger partial charge in [0.1, 0.15) is 5.82 Å². The number of halogens is 1. The minimum absolute atomic E-state index is 0.746. The van der Waals surface area contributed by atoms with Gasteiger partial charge in [-0.05, 0) is 62.8 Å². The molecule has 0 aliphatic heterocycles. The monoisotopic (exact) mass is 343 g/mol. The first-order valence-electron chi connectivity index (χ1n) is 9.13. The van der Waals surface area contributed by atoms with Gasteiger partial charge < -0.3 is 4.90 Å². The van der Waals surface area contributed by atoms with Gasteiger partial charge in [-0.2, -0.15) is 0 Å². The van der Waals surface area contributed by atoms with Gasteiger partial charge in [0, 0.05) is 34.9 Å². The van der Waals surface area contributed by atoms with Crippen molar-refractivity contribution in [2.24, 2.45) is 0 Å². The molecule has 0 fully saturated rings. The Balaban J connectivity index is 2.08. The van der Waals surface area contributed by atoms with Gasteiger partial charge in [0.15, 0.2) is 5.82 Å². The highest BCUT2D eigenvalue weighted by Gasteiger charge is 2.21. The molecule has 0 spiro atoms. The van der Waals surface area contributed by atoms with Crippen molar-refractivity contribution in [3.8, 4) is 11.4 Å². The molecule has 24 heavy (non-hydrogen) atoms. The molecule has 1 aromatic carbocycles. The predicted molar refractivity (Wildman–Crippen MR) is 102 cm³/mol. The van der Waals surface area contributed by atoms with Crippen molar-refractivity contribution < 1.29 is 0 Å². The molecule has 0 unspecified atom stereocenters. The zero-order valence-electron chi connectivity index (χ0n) is 14.7. The van der Waals surface area contributed by atoms with Crippen LogP contribution in [0, 0.1) is 0 Å². The van der Waals surface area contributed by atoms with E-state index in [1.807, 2.05) is 24.3 Å². The summed E-state index contributed by atoms with van der Waals surface area (Å²) >= 11 is 6.03. The lowest BCUT2D eigenvalue weighted by atomic mass is 9.95. The summed E-state index contributed by atoms with van der Waals surface area (Å²) in [6.45, 7) is 6.57. The van der Waals surface area contributed by atoms with Crippen LogP contribution >= 0.6 is 11.6 Å². The number of rotatable bonds is 6. The topological polar surface area (TPSA) is 29.0 Å². The third kappa shape index (κ3) is 3.72. The number of aromatic nitrogens is 2. The Morgan fingerprint density at radius 3 is 2.29 bits per heavy atom. The number of nitrogens with zero attached hydrogens (tertiary/aromatic N) is 3. The molecule has 0 atom stereocenters. The van der Waals surface area contributed by atoms with Crippen molar-refractivity contribution in [1.82, 2.24) is 9.97 Å². The smallest absolute Gasteiger partial charge is 0.161 e. The first kappa shape index (κ1) is 17.2. The molecule has 1 aliphatic carbocycles. The summed E-state index contributed by atoms with van der Waals surface area (Å²) in [5, 5.41) is 0.746. The van der Waals surface area contributed by atoms with E-state index in [1.54, 1.807) is 0 Å². The number of hydrogen-bond acceptors (Lipinski definition) is 3. The SMILES string of the molecule is CCCN(CCC)c1nc(-c2ccc(Cl)cc2)nc2c1CCCC2. The van der Waals surface area contributed by atoms with Crippen LogP contribution in [0.25, 0.3) is 11.4 Å². The van der Waals surface area contributed by atoms with E-state index in [4.69, 9.17) is 21.6 Å². The second kappa shape index (κ2) is 7.98. The van der Waals surface area contributed by atoms with Crippen LogP contribution in [0.1, 0.15) is 50.8 Å². The fourth-order valence-electron chi connectivity index (χ4n) is 3.43. The van der Waals surface area contributed by atoms with E-state index in [0.29, 0.717) is 0 Å². The first-order chi connectivity index (χ1) is 11.7. The van der Waals surface area contributed by atoms with Crippen molar-refractivity contribution in [2.45, 2.75) is 52.4 Å². The van der Waals surface area contributed by atoms with Gasteiger partial charge in [-0.25, -0.2) is 9.97 Å². The lowest BCUT2D eigenvalue weighted by molar-refractivity contribution is 0.650. The highest BCUT2D eigenvalue weighted by Crippen LogP contribution is 2.31. The minimum atomic E-state index is 0.746. The minimum Gasteiger partial charge on any atom is -0.356 e. The van der Waals surface area contributed by atoms with E-state index in [-0.39, 0.29) is 0 Å². The Hall–Kier alpha value is -1.61. The van der Waals surface area contributed by atoms with E-state index >= 15 is 0 Å². The fraction of sp³-hybridized carbons (Fsp3) is 0.500. The van der Waals surface area contributed by atoms with Crippen LogP contribution in [-0.4, -0.2) is 23.1 Å². The standard InChI is InChI=1S/C20H26ClN3/c1-3-13-24(14-4-2)20-17-7-5-6-8-18(17)22-19(23-20)15-9-11-16(21)12-10-15/h9-12H,3-8,13-14H2,1-2H3. The number of anilines is 1. The summed E-state index contributed by atoms with van der Waals surface area (Å²) in [7, 11) is 0. The average Bonchev–Trinajstić information content (AvgIpc) is 2.61. The molecule has 3 rings (SSSR count). The van der Waals surface area contributed by atoms with E-state index in [9.17, 15) is 0 Å². The Kier molecular flexibility index (Phi) is 5.72. The van der Waals surface area contributed by atoms with Gasteiger partial charge in [-0.1, -0.05) is 25.4 Å². The zero-order valence-corrected chi connectivity index (χ0v) is 15.4. The normalized spacial score (nSPS) is 13.6. The molecular formula is C20H26ClN3. The van der Waals surface area contributed by atoms with Crippen molar-refractivity contribution in [3.63, 3.8) is 0 Å². The van der Waals surface area contributed by atoms with Gasteiger partial charge in [0.2, 0.25) is 0 Å². The van der Waals surface area contributed by atoms with Crippen molar-refractivity contribution in [1.29, 1.82) is 0 Å². The second-order valence-electron chi connectivity index (χ2n) is 6.50. The van der Waals surface area contributed by atoms with Crippen molar-refractivity contribution in [2.75, 3.05) is 18.0 Å². The summed E-state index contributed by atoms with van der Waals surface area (Å²) in [4.78, 5) is 12.3. The third-order valence-corrected chi connectivity index (χ3v) is 4.80. The lowest BCUT2D eigenvalue weighted by Crippen LogP contribution is -2.28. The molecule has 1 aliphatic rings. The molecule has 0 radical (unpaired) electrons. The molecule has 128 valence electrons. The predicted octanol–water partition coefficient (Wildman–Crippen LogP) is 5.30. The maximum Gasteiger partial charge on any atom is 0.161 e. The highest BCUT2D eigenvalue weighted by atomic mass is 35.5. The number of benzene rings is 1. The lowest BCUT2D eigenvalue weighted by Gasteiger charge is -2.28. The Morgan fingerprint density at radius 1 is 0.958 bits per heavy atom. The number of hydrogen-bond donors (Lipinski definition) is 0. The molecule has 0 bridgehead atoms. The van der Waals surface area contributed by atoms with E-state index in [0.717, 1.165) is 61.0 Å². The molecule has 0 amide bonds. The molecule has 2 aromatic rings. The van der Waals surface area contributed by atoms with Gasteiger partial charge in [0.25, 0.3) is 0 Å². The fourth-order valence-corrected chi connectivity index (χ4v) is 3.55. The van der Waals surface area contributed by atoms with E-state index in [2.05, 4.69) is 18.7 Å². The molecule has 4 heteroatoms. The maximum atomic E-state index is 6.03. The molecule has 0 saturated heterocycles. The molecule has 1 aromatic heterocycles. The second-order valence-corrected chi connectivity index (χ2v) is 6.93. The molecular weight excluding hydrogens is 318 g/mol. The largest absolute Gasteiger partial charge is 0.356 e. The van der Waals surface area contributed by atoms with Gasteiger partial charge in [-0.3, -0.25) is 0 Å². The summed E-state index contributed by atoms with van der Waals surface area (Å²) in [5.41, 5.74) is 3.66. The quantitative estimate of drug-likeness (QED) is 0.712. The Bertz CT molecular complexity index is 676. The van der Waals surface area contributed by atoms with E-state index < -0.39 is 0 Å². The zero-order chi connectivity index (χ0) is 16.9. The number of fused-ring (bicyclic) bond motifs is 1. The van der Waals surface area contributed by atoms with Gasteiger partial charge in [0.05, 0.1) is 0 Å². The van der Waals surface area contributed by atoms with Crippen LogP contribution < -0.4 is 4.90 Å². The first-order valence-corrected chi connectivity index (χ1v) is 9.51. The van der Waals surface area contributed by atoms with Gasteiger partial charge >= 0.3 is 0 Å². The van der Waals surface area contributed by atoms with Crippen molar-refractivity contribution >= 4 is 17.4 Å². The highest BCUT2D eigenvalue weighted by molar-refractivity contribution is 6.30. The van der Waals surface area contributed by atoms with Crippen LogP contribution in [0.15, 0.2) is 24.3 Å². The molecule has 0 N–H and O–H groups in total. The van der Waals surface area contributed by atoms with Crippen LogP contribution in [0.4, 0.5) is 5.82 Å². The summed E-state index contributed by atoms with van der Waals surface area (Å²) in [6.07, 6.45) is 6.91. The van der Waals surface area contributed by atoms with Crippen LogP contribution in [-0.2, 0) is 12.8 Å². The molecule has 3 nitrogen and oxygen atoms in total. The van der Waals surface area contributed by atoms with Crippen LogP contribution in [0.2, 0.25) is 5.02 Å². The molecule has 0 saturated carbocycles. The van der Waals surface area contributed by atoms with Crippen molar-refractivity contribution in [3.05, 3.63) is 40.5 Å². The Labute approximate surface area is 150 Å². The Morgan fingerprint density at radius 2 is 1.62 bits per heavy atom. The van der Waals surface area contributed by atoms with Crippen LogP contribution in [0.5, 0.6) is 0 Å². The maximum absolute atomic E-state index is 6.03. The summed E-state index contributed by atoms with van der Waals surface area (Å²) < 4.78 is 0. The number of aryl methyl sites for hydroxylation is 1. The molecule has 1 heterocycles. The average molecular weight is 344 g/mol. The van der Waals surface area contributed by atoms with Gasteiger partial charge in [-0.15, -0.1) is 0 Å². The van der Waals surface area contributed by atoms with Crippen LogP contribution in [0.3, 0.4) is 0 Å². The summed E-state index contributed by atoms with van der Waals surface area (Å²) in [5.74, 6) is 1.99. The summed E-state index contributed by atoms with van der Waals surface area (Å²) in [6, 6.07) is 7.85. The third-order valence-electron chi connectivity index (χ3n) is 4.55. The van der Waals surface area contributed by atoms with E-state index in [1.165, 1.54) is 24.1 Å².